The second kappa shape index (κ2) is 9.92. The molecule has 5 N–H and O–H groups in total. The molecule has 2 aromatic carbocycles. The average molecular weight is 458 g/mol. The van der Waals surface area contributed by atoms with Crippen LogP contribution in [-0.4, -0.2) is 50.1 Å². The summed E-state index contributed by atoms with van der Waals surface area (Å²) in [6.07, 6.45) is 1.19. The minimum Gasteiger partial charge on any atom is -0.384 e. The summed E-state index contributed by atoms with van der Waals surface area (Å²) in [5.41, 5.74) is 7.80. The van der Waals surface area contributed by atoms with E-state index in [9.17, 15) is 18.0 Å². The summed E-state index contributed by atoms with van der Waals surface area (Å²) in [5, 5.41) is 10.2. The van der Waals surface area contributed by atoms with Crippen LogP contribution in [-0.2, 0) is 26.2 Å². The Morgan fingerprint density at radius 2 is 1.78 bits per heavy atom. The van der Waals surface area contributed by atoms with Crippen LogP contribution >= 0.6 is 0 Å². The summed E-state index contributed by atoms with van der Waals surface area (Å²) >= 11 is 0. The first kappa shape index (κ1) is 23.4. The van der Waals surface area contributed by atoms with E-state index in [1.807, 2.05) is 6.92 Å². The molecule has 170 valence electrons. The number of nitrogens with two attached hydrogens (primary N) is 1. The van der Waals surface area contributed by atoms with Crippen LogP contribution in [0.2, 0.25) is 0 Å². The van der Waals surface area contributed by atoms with E-state index < -0.39 is 28.5 Å². The molecule has 1 atom stereocenters. The SMILES string of the molecule is Cc1ccc(S(=O)(=O)NCC(=O)N2CCC[C@H]2C(=O)NCc2ccc(C(=N)N)cc2)cc1. The van der Waals surface area contributed by atoms with Crippen molar-refractivity contribution in [1.82, 2.24) is 14.9 Å². The van der Waals surface area contributed by atoms with Gasteiger partial charge in [-0.25, -0.2) is 13.1 Å². The smallest absolute Gasteiger partial charge is 0.243 e. The maximum atomic E-state index is 12.7. The number of hydrogen-bond donors (Lipinski definition) is 4. The lowest BCUT2D eigenvalue weighted by Crippen LogP contribution is -2.48. The van der Waals surface area contributed by atoms with Crippen molar-refractivity contribution in [2.75, 3.05) is 13.1 Å². The van der Waals surface area contributed by atoms with Crippen molar-refractivity contribution in [2.45, 2.75) is 37.2 Å². The molecule has 9 nitrogen and oxygen atoms in total. The Morgan fingerprint density at radius 1 is 1.12 bits per heavy atom. The van der Waals surface area contributed by atoms with E-state index in [0.29, 0.717) is 24.9 Å². The molecule has 2 amide bonds. The van der Waals surface area contributed by atoms with Crippen molar-refractivity contribution in [1.29, 1.82) is 5.41 Å². The van der Waals surface area contributed by atoms with Gasteiger partial charge in [-0.2, -0.15) is 0 Å². The number of amidine groups is 1. The number of carbonyl (C=O) groups excluding carboxylic acids is 2. The van der Waals surface area contributed by atoms with Crippen LogP contribution in [0, 0.1) is 12.3 Å². The van der Waals surface area contributed by atoms with Gasteiger partial charge in [0, 0.05) is 18.7 Å². The molecule has 0 aliphatic carbocycles. The second-order valence-electron chi connectivity index (χ2n) is 7.71. The largest absolute Gasteiger partial charge is 0.384 e. The van der Waals surface area contributed by atoms with E-state index in [1.165, 1.54) is 17.0 Å². The molecular formula is C22H27N5O4S. The standard InChI is InChI=1S/C22H27N5O4S/c1-15-4-10-18(11-5-15)32(30,31)26-14-20(28)27-12-2-3-19(27)22(29)25-13-16-6-8-17(9-7-16)21(23)24/h4-11,19,26H,2-3,12-14H2,1H3,(H3,23,24)(H,25,29)/t19-/m0/s1. The monoisotopic (exact) mass is 457 g/mol. The minimum absolute atomic E-state index is 0.0290. The molecule has 0 unspecified atom stereocenters. The lowest BCUT2D eigenvalue weighted by Gasteiger charge is -2.24. The topological polar surface area (TPSA) is 145 Å². The number of likely N-dealkylation sites (tertiary alicyclic amines) is 1. The normalized spacial score (nSPS) is 16.0. The van der Waals surface area contributed by atoms with E-state index in [-0.39, 0.29) is 23.2 Å². The number of nitrogens with zero attached hydrogens (tertiary/aromatic N) is 1. The lowest BCUT2D eigenvalue weighted by atomic mass is 10.1. The quantitative estimate of drug-likeness (QED) is 0.343. The Bertz CT molecular complexity index is 1100. The maximum Gasteiger partial charge on any atom is 0.243 e. The van der Waals surface area contributed by atoms with E-state index in [0.717, 1.165) is 11.1 Å². The van der Waals surface area contributed by atoms with Gasteiger partial charge < -0.3 is 16.0 Å². The number of nitrogens with one attached hydrogen (secondary N) is 3. The van der Waals surface area contributed by atoms with Gasteiger partial charge in [0.25, 0.3) is 0 Å². The Balaban J connectivity index is 1.55. The van der Waals surface area contributed by atoms with E-state index in [4.69, 9.17) is 11.1 Å². The molecule has 1 fully saturated rings. The van der Waals surface area contributed by atoms with Crippen molar-refractivity contribution in [3.8, 4) is 0 Å². The summed E-state index contributed by atoms with van der Waals surface area (Å²) in [7, 11) is -3.82. The first-order valence-electron chi connectivity index (χ1n) is 10.2. The van der Waals surface area contributed by atoms with Crippen molar-refractivity contribution in [2.24, 2.45) is 5.73 Å². The van der Waals surface area contributed by atoms with E-state index in [1.54, 1.807) is 36.4 Å². The molecule has 1 heterocycles. The highest BCUT2D eigenvalue weighted by Gasteiger charge is 2.34. The Labute approximate surface area is 187 Å². The minimum atomic E-state index is -3.82. The van der Waals surface area contributed by atoms with E-state index in [2.05, 4.69) is 10.0 Å². The van der Waals surface area contributed by atoms with Crippen molar-refractivity contribution >= 4 is 27.7 Å². The summed E-state index contributed by atoms with van der Waals surface area (Å²) < 4.78 is 27.2. The predicted octanol–water partition coefficient (Wildman–Crippen LogP) is 0.865. The fraction of sp³-hybridized carbons (Fsp3) is 0.318. The van der Waals surface area contributed by atoms with Gasteiger partial charge >= 0.3 is 0 Å². The Hall–Kier alpha value is -3.24. The highest BCUT2D eigenvalue weighted by molar-refractivity contribution is 7.89. The van der Waals surface area contributed by atoms with Crippen molar-refractivity contribution in [3.05, 3.63) is 65.2 Å². The fourth-order valence-electron chi connectivity index (χ4n) is 3.51. The highest BCUT2D eigenvalue weighted by atomic mass is 32.2. The molecule has 0 radical (unpaired) electrons. The zero-order valence-electron chi connectivity index (χ0n) is 17.8. The molecule has 3 rings (SSSR count). The summed E-state index contributed by atoms with van der Waals surface area (Å²) in [6.45, 7) is 2.12. The molecule has 10 heteroatoms. The molecule has 1 aliphatic heterocycles. The van der Waals surface area contributed by atoms with Gasteiger partial charge in [-0.15, -0.1) is 0 Å². The van der Waals surface area contributed by atoms with Gasteiger partial charge in [0.2, 0.25) is 21.8 Å². The number of aryl methyl sites for hydroxylation is 1. The molecule has 0 bridgehead atoms. The molecular weight excluding hydrogens is 430 g/mol. The van der Waals surface area contributed by atoms with Gasteiger partial charge in [0.05, 0.1) is 11.4 Å². The highest BCUT2D eigenvalue weighted by Crippen LogP contribution is 2.18. The predicted molar refractivity (Wildman–Crippen MR) is 120 cm³/mol. The van der Waals surface area contributed by atoms with Gasteiger partial charge in [-0.1, -0.05) is 42.0 Å². The number of rotatable bonds is 8. The number of sulfonamides is 1. The van der Waals surface area contributed by atoms with Crippen molar-refractivity contribution < 1.29 is 18.0 Å². The van der Waals surface area contributed by atoms with Gasteiger partial charge in [-0.05, 0) is 37.5 Å². The third kappa shape index (κ3) is 5.71. The summed E-state index contributed by atoms with van der Waals surface area (Å²) in [5.74, 6) is -0.754. The Morgan fingerprint density at radius 3 is 2.41 bits per heavy atom. The fourth-order valence-corrected chi connectivity index (χ4v) is 4.48. The second-order valence-corrected chi connectivity index (χ2v) is 9.48. The molecule has 1 saturated heterocycles. The third-order valence-electron chi connectivity index (χ3n) is 5.35. The summed E-state index contributed by atoms with van der Waals surface area (Å²) in [4.78, 5) is 26.8. The molecule has 0 saturated carbocycles. The van der Waals surface area contributed by atoms with Gasteiger partial charge in [0.15, 0.2) is 0 Å². The molecule has 1 aliphatic rings. The molecule has 2 aromatic rings. The maximum absolute atomic E-state index is 12.7. The van der Waals surface area contributed by atoms with Crippen LogP contribution in [0.1, 0.15) is 29.5 Å². The Kier molecular flexibility index (Phi) is 7.26. The summed E-state index contributed by atoms with van der Waals surface area (Å²) in [6, 6.07) is 12.7. The van der Waals surface area contributed by atoms with Crippen LogP contribution < -0.4 is 15.8 Å². The van der Waals surface area contributed by atoms with Gasteiger partial charge in [0.1, 0.15) is 11.9 Å². The average Bonchev–Trinajstić information content (AvgIpc) is 3.26. The number of amides is 2. The van der Waals surface area contributed by atoms with Gasteiger partial charge in [-0.3, -0.25) is 15.0 Å². The lowest BCUT2D eigenvalue weighted by molar-refractivity contribution is -0.137. The van der Waals surface area contributed by atoms with Crippen molar-refractivity contribution in [3.63, 3.8) is 0 Å². The van der Waals surface area contributed by atoms with Crippen LogP contribution in [0.4, 0.5) is 0 Å². The molecule has 0 aromatic heterocycles. The molecule has 32 heavy (non-hydrogen) atoms. The molecule has 0 spiro atoms. The zero-order chi connectivity index (χ0) is 23.3. The van der Waals surface area contributed by atoms with E-state index >= 15 is 0 Å². The number of benzene rings is 2. The zero-order valence-corrected chi connectivity index (χ0v) is 18.6. The van der Waals surface area contributed by atoms with Crippen LogP contribution in [0.5, 0.6) is 0 Å². The van der Waals surface area contributed by atoms with Crippen LogP contribution in [0.3, 0.4) is 0 Å². The van der Waals surface area contributed by atoms with Crippen LogP contribution in [0.25, 0.3) is 0 Å². The third-order valence-corrected chi connectivity index (χ3v) is 6.77. The number of carbonyl (C=O) groups is 2. The first-order valence-corrected chi connectivity index (χ1v) is 11.7. The first-order chi connectivity index (χ1) is 15.2. The number of hydrogen-bond acceptors (Lipinski definition) is 5. The number of nitrogen functional groups attached to an aromatic ring is 1. The van der Waals surface area contributed by atoms with Crippen LogP contribution in [0.15, 0.2) is 53.4 Å².